The molecule has 2 nitrogen and oxygen atoms in total. The van der Waals surface area contributed by atoms with Gasteiger partial charge in [0.25, 0.3) is 0 Å². The molecule has 0 radical (unpaired) electrons. The van der Waals surface area contributed by atoms with Gasteiger partial charge in [0.15, 0.2) is 0 Å². The van der Waals surface area contributed by atoms with Crippen molar-refractivity contribution in [3.8, 4) is 11.5 Å². The normalized spacial score (nSPS) is 10.1. The molecule has 0 unspecified atom stereocenters. The van der Waals surface area contributed by atoms with Crippen molar-refractivity contribution < 1.29 is 9.47 Å². The first-order valence-corrected chi connectivity index (χ1v) is 6.71. The van der Waals surface area contributed by atoms with E-state index in [1.807, 2.05) is 24.3 Å². The summed E-state index contributed by atoms with van der Waals surface area (Å²) in [7, 11) is 3.34. The molecule has 0 aliphatic carbocycles. The van der Waals surface area contributed by atoms with E-state index in [1.165, 1.54) is 5.56 Å². The van der Waals surface area contributed by atoms with Gasteiger partial charge in [-0.2, -0.15) is 0 Å². The summed E-state index contributed by atoms with van der Waals surface area (Å²) in [5.74, 6) is 2.61. The SMILES string of the molecule is COc1ccc(SCc2ccccc2)c(OC)c1. The second-order valence-corrected chi connectivity index (χ2v) is 4.81. The Morgan fingerprint density at radius 2 is 1.72 bits per heavy atom. The number of thioether (sulfide) groups is 1. The molecule has 0 saturated heterocycles. The maximum atomic E-state index is 5.38. The molecule has 0 spiro atoms. The molecule has 0 fully saturated rings. The highest BCUT2D eigenvalue weighted by atomic mass is 32.2. The Morgan fingerprint density at radius 3 is 2.39 bits per heavy atom. The topological polar surface area (TPSA) is 18.5 Å². The fourth-order valence-corrected chi connectivity index (χ4v) is 2.59. The number of hydrogen-bond donors (Lipinski definition) is 0. The van der Waals surface area contributed by atoms with Gasteiger partial charge in [-0.25, -0.2) is 0 Å². The minimum Gasteiger partial charge on any atom is -0.497 e. The lowest BCUT2D eigenvalue weighted by Crippen LogP contribution is -1.89. The van der Waals surface area contributed by atoms with Crippen molar-refractivity contribution in [1.29, 1.82) is 0 Å². The Kier molecular flexibility index (Phi) is 4.53. The van der Waals surface area contributed by atoms with Gasteiger partial charge in [0, 0.05) is 16.7 Å². The van der Waals surface area contributed by atoms with Crippen molar-refractivity contribution in [2.75, 3.05) is 14.2 Å². The Labute approximate surface area is 112 Å². The van der Waals surface area contributed by atoms with Crippen molar-refractivity contribution in [2.45, 2.75) is 10.6 Å². The highest BCUT2D eigenvalue weighted by Gasteiger charge is 2.05. The molecule has 0 aromatic heterocycles. The summed E-state index contributed by atoms with van der Waals surface area (Å²) >= 11 is 1.76. The maximum absolute atomic E-state index is 5.38. The standard InChI is InChI=1S/C15H16O2S/c1-16-13-8-9-15(14(10-13)17-2)18-11-12-6-4-3-5-7-12/h3-10H,11H2,1-2H3. The lowest BCUT2D eigenvalue weighted by atomic mass is 10.2. The maximum Gasteiger partial charge on any atom is 0.136 e. The van der Waals surface area contributed by atoms with Crippen LogP contribution in [0.3, 0.4) is 0 Å². The molecule has 0 heterocycles. The minimum absolute atomic E-state index is 0.816. The van der Waals surface area contributed by atoms with E-state index in [9.17, 15) is 0 Å². The van der Waals surface area contributed by atoms with Crippen LogP contribution in [0.25, 0.3) is 0 Å². The van der Waals surface area contributed by atoms with Crippen LogP contribution in [-0.4, -0.2) is 14.2 Å². The van der Waals surface area contributed by atoms with Gasteiger partial charge in [-0.15, -0.1) is 11.8 Å². The van der Waals surface area contributed by atoms with Crippen molar-refractivity contribution in [2.24, 2.45) is 0 Å². The molecule has 0 amide bonds. The first kappa shape index (κ1) is 12.8. The van der Waals surface area contributed by atoms with Crippen LogP contribution in [-0.2, 0) is 5.75 Å². The summed E-state index contributed by atoms with van der Waals surface area (Å²) in [4.78, 5) is 1.13. The number of rotatable bonds is 5. The Hall–Kier alpha value is -1.61. The third kappa shape index (κ3) is 3.20. The number of hydrogen-bond acceptors (Lipinski definition) is 3. The van der Waals surface area contributed by atoms with E-state index in [2.05, 4.69) is 24.3 Å². The van der Waals surface area contributed by atoms with Gasteiger partial charge < -0.3 is 9.47 Å². The second kappa shape index (κ2) is 6.36. The molecule has 0 aliphatic heterocycles. The zero-order valence-corrected chi connectivity index (χ0v) is 11.4. The molecule has 0 saturated carbocycles. The molecule has 2 aromatic rings. The monoisotopic (exact) mass is 260 g/mol. The average molecular weight is 260 g/mol. The zero-order valence-electron chi connectivity index (χ0n) is 10.6. The van der Waals surface area contributed by atoms with Crippen LogP contribution in [0.4, 0.5) is 0 Å². The largest absolute Gasteiger partial charge is 0.497 e. The van der Waals surface area contributed by atoms with Crippen molar-refractivity contribution in [3.05, 3.63) is 54.1 Å². The molecule has 94 valence electrons. The molecule has 2 rings (SSSR count). The zero-order chi connectivity index (χ0) is 12.8. The molecule has 0 aliphatic rings. The van der Waals surface area contributed by atoms with Crippen LogP contribution in [0.2, 0.25) is 0 Å². The lowest BCUT2D eigenvalue weighted by molar-refractivity contribution is 0.387. The van der Waals surface area contributed by atoms with E-state index in [4.69, 9.17) is 9.47 Å². The molecular formula is C15H16O2S. The van der Waals surface area contributed by atoms with Gasteiger partial charge in [-0.3, -0.25) is 0 Å². The first-order chi connectivity index (χ1) is 8.83. The predicted octanol–water partition coefficient (Wildman–Crippen LogP) is 4.00. The van der Waals surface area contributed by atoms with Gasteiger partial charge in [-0.05, 0) is 17.7 Å². The van der Waals surface area contributed by atoms with Gasteiger partial charge in [-0.1, -0.05) is 30.3 Å². The van der Waals surface area contributed by atoms with Gasteiger partial charge in [0.05, 0.1) is 14.2 Å². The van der Waals surface area contributed by atoms with Crippen LogP contribution < -0.4 is 9.47 Å². The average Bonchev–Trinajstić information content (AvgIpc) is 2.46. The lowest BCUT2D eigenvalue weighted by Gasteiger charge is -2.09. The molecule has 3 heteroatoms. The van der Waals surface area contributed by atoms with Gasteiger partial charge >= 0.3 is 0 Å². The summed E-state index contributed by atoms with van der Waals surface area (Å²) in [5, 5.41) is 0. The summed E-state index contributed by atoms with van der Waals surface area (Å²) in [5.41, 5.74) is 1.31. The van der Waals surface area contributed by atoms with Crippen LogP contribution in [0.15, 0.2) is 53.4 Å². The summed E-state index contributed by atoms with van der Waals surface area (Å²) in [6.07, 6.45) is 0. The molecule has 2 aromatic carbocycles. The second-order valence-electron chi connectivity index (χ2n) is 3.79. The number of methoxy groups -OCH3 is 2. The quantitative estimate of drug-likeness (QED) is 0.757. The van der Waals surface area contributed by atoms with Gasteiger partial charge in [0.1, 0.15) is 11.5 Å². The predicted molar refractivity (Wildman–Crippen MR) is 75.5 cm³/mol. The van der Waals surface area contributed by atoms with Crippen LogP contribution in [0.5, 0.6) is 11.5 Å². The fraction of sp³-hybridized carbons (Fsp3) is 0.200. The third-order valence-corrected chi connectivity index (χ3v) is 3.73. The third-order valence-electron chi connectivity index (χ3n) is 2.61. The molecule has 18 heavy (non-hydrogen) atoms. The minimum atomic E-state index is 0.816. The smallest absolute Gasteiger partial charge is 0.136 e. The summed E-state index contributed by atoms with van der Waals surface area (Å²) < 4.78 is 10.6. The summed E-state index contributed by atoms with van der Waals surface area (Å²) in [6.45, 7) is 0. The van der Waals surface area contributed by atoms with Crippen LogP contribution in [0.1, 0.15) is 5.56 Å². The summed E-state index contributed by atoms with van der Waals surface area (Å²) in [6, 6.07) is 16.3. The molecule has 0 atom stereocenters. The van der Waals surface area contributed by atoms with Crippen LogP contribution >= 0.6 is 11.8 Å². The highest BCUT2D eigenvalue weighted by Crippen LogP contribution is 2.34. The van der Waals surface area contributed by atoms with Crippen molar-refractivity contribution in [1.82, 2.24) is 0 Å². The van der Waals surface area contributed by atoms with Crippen molar-refractivity contribution >= 4 is 11.8 Å². The Bertz CT molecular complexity index is 497. The van der Waals surface area contributed by atoms with E-state index in [-0.39, 0.29) is 0 Å². The number of ether oxygens (including phenoxy) is 2. The highest BCUT2D eigenvalue weighted by molar-refractivity contribution is 7.98. The van der Waals surface area contributed by atoms with Crippen molar-refractivity contribution in [3.63, 3.8) is 0 Å². The van der Waals surface area contributed by atoms with E-state index >= 15 is 0 Å². The Morgan fingerprint density at radius 1 is 0.944 bits per heavy atom. The molecule has 0 bridgehead atoms. The fourth-order valence-electron chi connectivity index (χ4n) is 1.63. The molecule has 0 N–H and O–H groups in total. The van der Waals surface area contributed by atoms with E-state index in [0.717, 1.165) is 22.1 Å². The Balaban J connectivity index is 2.09. The molecular weight excluding hydrogens is 244 g/mol. The van der Waals surface area contributed by atoms with Crippen LogP contribution in [0, 0.1) is 0 Å². The van der Waals surface area contributed by atoms with E-state index in [0.29, 0.717) is 0 Å². The van der Waals surface area contributed by atoms with E-state index in [1.54, 1.807) is 26.0 Å². The first-order valence-electron chi connectivity index (χ1n) is 5.72. The number of benzene rings is 2. The van der Waals surface area contributed by atoms with Gasteiger partial charge in [0.2, 0.25) is 0 Å². The van der Waals surface area contributed by atoms with E-state index < -0.39 is 0 Å².